The van der Waals surface area contributed by atoms with E-state index < -0.39 is 0 Å². The zero-order valence-corrected chi connectivity index (χ0v) is 19.2. The van der Waals surface area contributed by atoms with Crippen LogP contribution in [0, 0.1) is 6.92 Å². The van der Waals surface area contributed by atoms with Crippen LogP contribution in [0.3, 0.4) is 0 Å². The second-order valence-electron chi connectivity index (χ2n) is 7.39. The molecule has 0 aliphatic carbocycles. The van der Waals surface area contributed by atoms with Crippen LogP contribution in [0.5, 0.6) is 17.2 Å². The van der Waals surface area contributed by atoms with Gasteiger partial charge in [-0.05, 0) is 67.8 Å². The molecule has 0 aliphatic heterocycles. The van der Waals surface area contributed by atoms with Gasteiger partial charge in [-0.1, -0.05) is 53.6 Å². The maximum atomic E-state index is 6.56. The molecule has 4 nitrogen and oxygen atoms in total. The lowest BCUT2D eigenvalue weighted by atomic mass is 10.1. The van der Waals surface area contributed by atoms with Gasteiger partial charge in [0.2, 0.25) is 0 Å². The Bertz CT molecular complexity index is 973. The van der Waals surface area contributed by atoms with Gasteiger partial charge in [0, 0.05) is 6.54 Å². The van der Waals surface area contributed by atoms with E-state index in [9.17, 15) is 0 Å². The highest BCUT2D eigenvalue weighted by Crippen LogP contribution is 2.37. The number of methoxy groups -OCH3 is 1. The van der Waals surface area contributed by atoms with Crippen molar-refractivity contribution < 1.29 is 14.2 Å². The van der Waals surface area contributed by atoms with Crippen LogP contribution in [-0.4, -0.2) is 20.3 Å². The van der Waals surface area contributed by atoms with Gasteiger partial charge < -0.3 is 19.5 Å². The summed E-state index contributed by atoms with van der Waals surface area (Å²) in [6.45, 7) is 6.58. The Morgan fingerprint density at radius 1 is 0.903 bits per heavy atom. The predicted octanol–water partition coefficient (Wildman–Crippen LogP) is 5.97. The lowest BCUT2D eigenvalue weighted by molar-refractivity contribution is 0.269. The first-order valence-electron chi connectivity index (χ1n) is 10.6. The predicted molar refractivity (Wildman–Crippen MR) is 127 cm³/mol. The first-order chi connectivity index (χ1) is 15.1. The van der Waals surface area contributed by atoms with Crippen LogP contribution < -0.4 is 19.5 Å². The molecule has 0 spiro atoms. The topological polar surface area (TPSA) is 39.7 Å². The molecule has 3 aromatic carbocycles. The molecular formula is C26H30ClNO3. The van der Waals surface area contributed by atoms with Crippen molar-refractivity contribution in [1.82, 2.24) is 5.32 Å². The molecule has 3 rings (SSSR count). The number of halogens is 1. The SMILES string of the molecule is CCOc1cc(CNCCc2ccc(OC)cc2)cc(Cl)c1OCc1cccc(C)c1. The Hall–Kier alpha value is -2.69. The van der Waals surface area contributed by atoms with Gasteiger partial charge in [-0.25, -0.2) is 0 Å². The molecule has 3 aromatic rings. The van der Waals surface area contributed by atoms with Crippen LogP contribution in [0.4, 0.5) is 0 Å². The van der Waals surface area contributed by atoms with Crippen LogP contribution in [0.1, 0.15) is 29.2 Å². The molecule has 0 bridgehead atoms. The molecule has 0 aromatic heterocycles. The lowest BCUT2D eigenvalue weighted by Crippen LogP contribution is -2.17. The van der Waals surface area contributed by atoms with E-state index >= 15 is 0 Å². The van der Waals surface area contributed by atoms with Crippen LogP contribution >= 0.6 is 11.6 Å². The zero-order valence-electron chi connectivity index (χ0n) is 18.4. The molecule has 0 fully saturated rings. The molecule has 164 valence electrons. The fraction of sp³-hybridized carbons (Fsp3) is 0.308. The minimum Gasteiger partial charge on any atom is -0.497 e. The van der Waals surface area contributed by atoms with Crippen LogP contribution in [0.15, 0.2) is 60.7 Å². The first-order valence-corrected chi connectivity index (χ1v) is 10.9. The minimum atomic E-state index is 0.445. The van der Waals surface area contributed by atoms with E-state index in [0.29, 0.717) is 36.3 Å². The highest BCUT2D eigenvalue weighted by molar-refractivity contribution is 6.32. The van der Waals surface area contributed by atoms with Gasteiger partial charge in [0.15, 0.2) is 11.5 Å². The van der Waals surface area contributed by atoms with Crippen molar-refractivity contribution >= 4 is 11.6 Å². The zero-order chi connectivity index (χ0) is 22.1. The molecule has 31 heavy (non-hydrogen) atoms. The van der Waals surface area contributed by atoms with Crippen molar-refractivity contribution in [2.75, 3.05) is 20.3 Å². The third kappa shape index (κ3) is 6.91. The highest BCUT2D eigenvalue weighted by Gasteiger charge is 2.13. The molecule has 0 saturated heterocycles. The third-order valence-corrected chi connectivity index (χ3v) is 5.19. The fourth-order valence-electron chi connectivity index (χ4n) is 3.34. The molecule has 0 heterocycles. The number of benzene rings is 3. The van der Waals surface area contributed by atoms with Gasteiger partial charge in [-0.2, -0.15) is 0 Å². The van der Waals surface area contributed by atoms with Crippen molar-refractivity contribution in [3.63, 3.8) is 0 Å². The summed E-state index contributed by atoms with van der Waals surface area (Å²) in [5.74, 6) is 2.14. The molecule has 0 radical (unpaired) electrons. The van der Waals surface area contributed by atoms with Crippen molar-refractivity contribution in [2.24, 2.45) is 0 Å². The molecule has 0 unspecified atom stereocenters. The quantitative estimate of drug-likeness (QED) is 0.374. The normalized spacial score (nSPS) is 10.7. The summed E-state index contributed by atoms with van der Waals surface area (Å²) in [4.78, 5) is 0. The van der Waals surface area contributed by atoms with Gasteiger partial charge in [0.25, 0.3) is 0 Å². The maximum absolute atomic E-state index is 6.56. The standard InChI is InChI=1S/C26H30ClNO3/c1-4-30-25-16-22(17-28-13-12-20-8-10-23(29-3)11-9-20)15-24(27)26(25)31-18-21-7-5-6-19(2)14-21/h5-11,14-16,28H,4,12-13,17-18H2,1-3H3. The monoisotopic (exact) mass is 439 g/mol. The summed E-state index contributed by atoms with van der Waals surface area (Å²) >= 11 is 6.56. The molecular weight excluding hydrogens is 410 g/mol. The number of nitrogens with one attached hydrogen (secondary N) is 1. The second-order valence-corrected chi connectivity index (χ2v) is 7.80. The number of aryl methyl sites for hydroxylation is 1. The number of hydrogen-bond donors (Lipinski definition) is 1. The van der Waals surface area contributed by atoms with E-state index in [1.807, 2.05) is 43.3 Å². The van der Waals surface area contributed by atoms with Gasteiger partial charge >= 0.3 is 0 Å². The largest absolute Gasteiger partial charge is 0.497 e. The Morgan fingerprint density at radius 3 is 2.42 bits per heavy atom. The van der Waals surface area contributed by atoms with E-state index in [0.717, 1.165) is 29.8 Å². The van der Waals surface area contributed by atoms with Gasteiger partial charge in [0.05, 0.1) is 18.7 Å². The van der Waals surface area contributed by atoms with E-state index in [4.69, 9.17) is 25.8 Å². The Kier molecular flexibility index (Phi) is 8.63. The van der Waals surface area contributed by atoms with Gasteiger partial charge in [-0.3, -0.25) is 0 Å². The van der Waals surface area contributed by atoms with E-state index in [-0.39, 0.29) is 0 Å². The molecule has 0 saturated carbocycles. The van der Waals surface area contributed by atoms with Crippen molar-refractivity contribution in [3.8, 4) is 17.2 Å². The van der Waals surface area contributed by atoms with E-state index in [2.05, 4.69) is 36.5 Å². The number of hydrogen-bond acceptors (Lipinski definition) is 4. The summed E-state index contributed by atoms with van der Waals surface area (Å²) < 4.78 is 17.1. The third-order valence-electron chi connectivity index (χ3n) is 4.91. The molecule has 0 aliphatic rings. The Morgan fingerprint density at radius 2 is 1.71 bits per heavy atom. The van der Waals surface area contributed by atoms with Crippen molar-refractivity contribution in [3.05, 3.63) is 87.9 Å². The van der Waals surface area contributed by atoms with Crippen LogP contribution in [0.2, 0.25) is 5.02 Å². The average Bonchev–Trinajstić information content (AvgIpc) is 2.77. The van der Waals surface area contributed by atoms with Gasteiger partial charge in [0.1, 0.15) is 12.4 Å². The highest BCUT2D eigenvalue weighted by atomic mass is 35.5. The Balaban J connectivity index is 1.59. The lowest BCUT2D eigenvalue weighted by Gasteiger charge is -2.16. The average molecular weight is 440 g/mol. The Labute approximate surface area is 190 Å². The van der Waals surface area contributed by atoms with Gasteiger partial charge in [-0.15, -0.1) is 0 Å². The summed E-state index contributed by atoms with van der Waals surface area (Å²) in [6, 6.07) is 20.3. The molecule has 5 heteroatoms. The number of rotatable bonds is 11. The molecule has 0 atom stereocenters. The summed E-state index contributed by atoms with van der Waals surface area (Å²) in [5, 5.41) is 4.03. The summed E-state index contributed by atoms with van der Waals surface area (Å²) in [5.41, 5.74) is 4.63. The summed E-state index contributed by atoms with van der Waals surface area (Å²) in [6.07, 6.45) is 0.938. The number of ether oxygens (including phenoxy) is 3. The smallest absolute Gasteiger partial charge is 0.180 e. The van der Waals surface area contributed by atoms with E-state index in [1.54, 1.807) is 7.11 Å². The van der Waals surface area contributed by atoms with E-state index in [1.165, 1.54) is 11.1 Å². The minimum absolute atomic E-state index is 0.445. The van der Waals surface area contributed by atoms with Crippen molar-refractivity contribution in [1.29, 1.82) is 0 Å². The van der Waals surface area contributed by atoms with Crippen LogP contribution in [-0.2, 0) is 19.6 Å². The fourth-order valence-corrected chi connectivity index (χ4v) is 3.63. The molecule has 1 N–H and O–H groups in total. The molecule has 0 amide bonds. The first kappa shape index (κ1) is 23.0. The maximum Gasteiger partial charge on any atom is 0.180 e. The second kappa shape index (κ2) is 11.6. The van der Waals surface area contributed by atoms with Crippen LogP contribution in [0.25, 0.3) is 0 Å². The van der Waals surface area contributed by atoms with Crippen molar-refractivity contribution in [2.45, 2.75) is 33.4 Å². The summed E-state index contributed by atoms with van der Waals surface area (Å²) in [7, 11) is 1.68.